The van der Waals surface area contributed by atoms with Crippen molar-refractivity contribution in [3.8, 4) is 11.5 Å². The number of hydrogen-bond acceptors (Lipinski definition) is 7. The Morgan fingerprint density at radius 2 is 1.88 bits per heavy atom. The van der Waals surface area contributed by atoms with Gasteiger partial charge in [-0.3, -0.25) is 10.1 Å². The molecule has 1 aromatic heterocycles. The van der Waals surface area contributed by atoms with Crippen LogP contribution in [0.25, 0.3) is 0 Å². The Bertz CT molecular complexity index is 799. The molecule has 1 N–H and O–H groups in total. The molecule has 140 valence electrons. The maximum atomic E-state index is 12.6. The second-order valence-electron chi connectivity index (χ2n) is 5.03. The first-order valence-corrected chi connectivity index (χ1v) is 7.29. The number of rotatable bonds is 7. The Morgan fingerprint density at radius 1 is 1.23 bits per heavy atom. The molecule has 0 spiro atoms. The SMILES string of the molecule is COc1cc(CCNc2nccc(C(F)(F)F)n2)c([N+](=O)[O-])cc1OC. The topological polar surface area (TPSA) is 99.4 Å². The van der Waals surface area contributed by atoms with Crippen molar-refractivity contribution >= 4 is 11.6 Å². The maximum Gasteiger partial charge on any atom is 0.433 e. The van der Waals surface area contributed by atoms with Crippen LogP contribution < -0.4 is 14.8 Å². The highest BCUT2D eigenvalue weighted by Gasteiger charge is 2.32. The van der Waals surface area contributed by atoms with Gasteiger partial charge in [-0.25, -0.2) is 9.97 Å². The highest BCUT2D eigenvalue weighted by Crippen LogP contribution is 2.34. The van der Waals surface area contributed by atoms with Crippen molar-refractivity contribution in [2.75, 3.05) is 26.1 Å². The van der Waals surface area contributed by atoms with E-state index in [2.05, 4.69) is 15.3 Å². The van der Waals surface area contributed by atoms with Crippen molar-refractivity contribution in [2.24, 2.45) is 0 Å². The minimum Gasteiger partial charge on any atom is -0.493 e. The number of hydrogen-bond donors (Lipinski definition) is 1. The molecule has 11 heteroatoms. The number of nitrogens with zero attached hydrogens (tertiary/aromatic N) is 3. The van der Waals surface area contributed by atoms with Gasteiger partial charge in [0.2, 0.25) is 5.95 Å². The smallest absolute Gasteiger partial charge is 0.433 e. The molecule has 0 radical (unpaired) electrons. The lowest BCUT2D eigenvalue weighted by molar-refractivity contribution is -0.385. The summed E-state index contributed by atoms with van der Waals surface area (Å²) in [7, 11) is 2.75. The molecule has 0 aliphatic carbocycles. The number of methoxy groups -OCH3 is 2. The Kier molecular flexibility index (Phi) is 5.80. The largest absolute Gasteiger partial charge is 0.493 e. The Morgan fingerprint density at radius 3 is 2.46 bits per heavy atom. The van der Waals surface area contributed by atoms with E-state index in [9.17, 15) is 23.3 Å². The first-order chi connectivity index (χ1) is 12.3. The lowest BCUT2D eigenvalue weighted by Crippen LogP contribution is -2.13. The fraction of sp³-hybridized carbons (Fsp3) is 0.333. The number of nitrogens with one attached hydrogen (secondary N) is 1. The van der Waals surface area contributed by atoms with E-state index >= 15 is 0 Å². The Labute approximate surface area is 146 Å². The summed E-state index contributed by atoms with van der Waals surface area (Å²) in [6, 6.07) is 3.44. The summed E-state index contributed by atoms with van der Waals surface area (Å²) in [5, 5.41) is 13.8. The predicted molar refractivity (Wildman–Crippen MR) is 85.4 cm³/mol. The first kappa shape index (κ1) is 19.2. The molecule has 0 amide bonds. The van der Waals surface area contributed by atoms with Gasteiger partial charge in [0, 0.05) is 18.3 Å². The van der Waals surface area contributed by atoms with Gasteiger partial charge in [0.1, 0.15) is 5.69 Å². The summed E-state index contributed by atoms with van der Waals surface area (Å²) >= 11 is 0. The second kappa shape index (κ2) is 7.85. The van der Waals surface area contributed by atoms with E-state index in [0.717, 1.165) is 12.3 Å². The van der Waals surface area contributed by atoms with Crippen LogP contribution in [0.4, 0.5) is 24.8 Å². The molecule has 0 unspecified atom stereocenters. The van der Waals surface area contributed by atoms with E-state index in [1.165, 1.54) is 26.4 Å². The Balaban J connectivity index is 2.16. The number of halogens is 3. The fourth-order valence-electron chi connectivity index (χ4n) is 2.19. The van der Waals surface area contributed by atoms with E-state index in [4.69, 9.17) is 9.47 Å². The Hall–Kier alpha value is -3.11. The number of ether oxygens (including phenoxy) is 2. The van der Waals surface area contributed by atoms with Gasteiger partial charge in [0.25, 0.3) is 5.69 Å². The molecular formula is C15H15F3N4O4. The summed E-state index contributed by atoms with van der Waals surface area (Å²) in [5.41, 5.74) is -0.936. The van der Waals surface area contributed by atoms with Gasteiger partial charge >= 0.3 is 6.18 Å². The molecule has 26 heavy (non-hydrogen) atoms. The number of alkyl halides is 3. The van der Waals surface area contributed by atoms with Crippen LogP contribution in [-0.4, -0.2) is 35.7 Å². The number of nitro groups is 1. The summed E-state index contributed by atoms with van der Waals surface area (Å²) < 4.78 is 48.0. The number of aromatic nitrogens is 2. The summed E-state index contributed by atoms with van der Waals surface area (Å²) in [6.07, 6.45) is -3.46. The molecule has 8 nitrogen and oxygen atoms in total. The van der Waals surface area contributed by atoms with E-state index in [0.29, 0.717) is 11.3 Å². The summed E-state index contributed by atoms with van der Waals surface area (Å²) in [4.78, 5) is 17.7. The van der Waals surface area contributed by atoms with Crippen LogP contribution in [0, 0.1) is 10.1 Å². The molecule has 0 atom stereocenters. The molecule has 0 aliphatic rings. The molecule has 0 saturated heterocycles. The van der Waals surface area contributed by atoms with E-state index in [1.807, 2.05) is 0 Å². The molecule has 1 heterocycles. The minimum atomic E-state index is -4.58. The molecule has 0 saturated carbocycles. The van der Waals surface area contributed by atoms with Crippen molar-refractivity contribution in [1.29, 1.82) is 0 Å². The summed E-state index contributed by atoms with van der Waals surface area (Å²) in [5.74, 6) is 0.295. The second-order valence-corrected chi connectivity index (χ2v) is 5.03. The predicted octanol–water partition coefficient (Wildman–Crippen LogP) is 3.08. The van der Waals surface area contributed by atoms with Gasteiger partial charge in [-0.05, 0) is 18.6 Å². The monoisotopic (exact) mass is 372 g/mol. The van der Waals surface area contributed by atoms with Crippen molar-refractivity contribution in [1.82, 2.24) is 9.97 Å². The highest BCUT2D eigenvalue weighted by molar-refractivity contribution is 5.54. The number of benzene rings is 1. The zero-order valence-corrected chi connectivity index (χ0v) is 13.8. The molecule has 0 bridgehead atoms. The van der Waals surface area contributed by atoms with Crippen LogP contribution in [-0.2, 0) is 12.6 Å². The van der Waals surface area contributed by atoms with Crippen molar-refractivity contribution in [3.63, 3.8) is 0 Å². The molecule has 2 aromatic rings. The van der Waals surface area contributed by atoms with Crippen LogP contribution in [0.1, 0.15) is 11.3 Å². The number of nitro benzene ring substituents is 1. The van der Waals surface area contributed by atoms with Gasteiger partial charge in [-0.15, -0.1) is 0 Å². The fourth-order valence-corrected chi connectivity index (χ4v) is 2.19. The molecule has 0 aliphatic heterocycles. The van der Waals surface area contributed by atoms with Gasteiger partial charge in [0.15, 0.2) is 11.5 Å². The third kappa shape index (κ3) is 4.49. The normalized spacial score (nSPS) is 11.1. The zero-order valence-electron chi connectivity index (χ0n) is 13.8. The van der Waals surface area contributed by atoms with Crippen LogP contribution >= 0.6 is 0 Å². The highest BCUT2D eigenvalue weighted by atomic mass is 19.4. The first-order valence-electron chi connectivity index (χ1n) is 7.29. The van der Waals surface area contributed by atoms with Crippen molar-refractivity contribution in [2.45, 2.75) is 12.6 Å². The standard InChI is InChI=1S/C15H15F3N4O4/c1-25-11-7-9(10(22(23)24)8-12(11)26-2)3-5-19-14-20-6-4-13(21-14)15(16,17)18/h4,6-8H,3,5H2,1-2H3,(H,19,20,21). The maximum absolute atomic E-state index is 12.6. The van der Waals surface area contributed by atoms with Gasteiger partial charge in [-0.2, -0.15) is 13.2 Å². The zero-order chi connectivity index (χ0) is 19.3. The summed E-state index contributed by atoms with van der Waals surface area (Å²) in [6.45, 7) is 0.0810. The lowest BCUT2D eigenvalue weighted by Gasteiger charge is -2.11. The van der Waals surface area contributed by atoms with E-state index < -0.39 is 16.8 Å². The quantitative estimate of drug-likeness (QED) is 0.589. The van der Waals surface area contributed by atoms with Crippen LogP contribution in [0.2, 0.25) is 0 Å². The molecule has 2 rings (SSSR count). The van der Waals surface area contributed by atoms with Crippen molar-refractivity contribution < 1.29 is 27.6 Å². The molecule has 1 aromatic carbocycles. The minimum absolute atomic E-state index is 0.0810. The van der Waals surface area contributed by atoms with Crippen molar-refractivity contribution in [3.05, 3.63) is 45.8 Å². The van der Waals surface area contributed by atoms with Crippen LogP contribution in [0.15, 0.2) is 24.4 Å². The lowest BCUT2D eigenvalue weighted by atomic mass is 10.1. The third-order valence-corrected chi connectivity index (χ3v) is 3.40. The number of anilines is 1. The van der Waals surface area contributed by atoms with Gasteiger partial charge in [-0.1, -0.05) is 0 Å². The van der Waals surface area contributed by atoms with E-state index in [-0.39, 0.29) is 30.4 Å². The molecular weight excluding hydrogens is 357 g/mol. The third-order valence-electron chi connectivity index (χ3n) is 3.40. The van der Waals surface area contributed by atoms with Gasteiger partial charge < -0.3 is 14.8 Å². The average Bonchev–Trinajstić information content (AvgIpc) is 2.60. The van der Waals surface area contributed by atoms with Gasteiger partial charge in [0.05, 0.1) is 25.2 Å². The van der Waals surface area contributed by atoms with Crippen LogP contribution in [0.3, 0.4) is 0 Å². The van der Waals surface area contributed by atoms with Crippen LogP contribution in [0.5, 0.6) is 11.5 Å². The average molecular weight is 372 g/mol. The molecule has 0 fully saturated rings. The van der Waals surface area contributed by atoms with E-state index in [1.54, 1.807) is 0 Å².